The van der Waals surface area contributed by atoms with Crippen molar-refractivity contribution in [3.8, 4) is 0 Å². The van der Waals surface area contributed by atoms with Gasteiger partial charge in [0.1, 0.15) is 0 Å². The van der Waals surface area contributed by atoms with Gasteiger partial charge in [-0.05, 0) is 30.0 Å². The summed E-state index contributed by atoms with van der Waals surface area (Å²) in [5.41, 5.74) is 0.441. The minimum atomic E-state index is -4.47. The van der Waals surface area contributed by atoms with Gasteiger partial charge in [-0.3, -0.25) is 4.57 Å². The van der Waals surface area contributed by atoms with Gasteiger partial charge in [-0.1, -0.05) is 25.4 Å². The molecule has 5 nitrogen and oxygen atoms in total. The van der Waals surface area contributed by atoms with Gasteiger partial charge in [-0.15, -0.1) is 0 Å². The Morgan fingerprint density at radius 3 is 2.22 bits per heavy atom. The van der Waals surface area contributed by atoms with E-state index in [4.69, 9.17) is 16.7 Å². The Bertz CT molecular complexity index is 535. The lowest BCUT2D eigenvalue weighted by Crippen LogP contribution is -2.17. The summed E-state index contributed by atoms with van der Waals surface area (Å²) in [5.74, 6) is -1.19. The largest absolute Gasteiger partial charge is 0.478 e. The van der Waals surface area contributed by atoms with Crippen LogP contribution in [0.15, 0.2) is 6.07 Å². The van der Waals surface area contributed by atoms with E-state index < -0.39 is 13.6 Å². The zero-order valence-electron chi connectivity index (χ0n) is 9.97. The summed E-state index contributed by atoms with van der Waals surface area (Å²) < 4.78 is 11.4. The molecular formula is C11H14ClO5P. The Labute approximate surface area is 110 Å². The van der Waals surface area contributed by atoms with Gasteiger partial charge in [0.05, 0.1) is 15.9 Å². The molecule has 1 rings (SSSR count). The van der Waals surface area contributed by atoms with Gasteiger partial charge in [-0.2, -0.15) is 0 Å². The predicted molar refractivity (Wildman–Crippen MR) is 68.8 cm³/mol. The molecule has 0 aliphatic carbocycles. The molecule has 0 aromatic heterocycles. The van der Waals surface area contributed by atoms with Crippen LogP contribution in [0.4, 0.5) is 0 Å². The molecule has 0 radical (unpaired) electrons. The van der Waals surface area contributed by atoms with Crippen LogP contribution < -0.4 is 5.30 Å². The van der Waals surface area contributed by atoms with E-state index in [1.807, 2.05) is 0 Å². The molecule has 100 valence electrons. The smallest absolute Gasteiger partial charge is 0.356 e. The minimum absolute atomic E-state index is 0.0757. The van der Waals surface area contributed by atoms with Crippen molar-refractivity contribution in [1.82, 2.24) is 0 Å². The van der Waals surface area contributed by atoms with Crippen LogP contribution in [0, 0.1) is 0 Å². The molecule has 0 spiro atoms. The molecule has 0 amide bonds. The van der Waals surface area contributed by atoms with E-state index in [1.165, 1.54) is 6.07 Å². The van der Waals surface area contributed by atoms with Crippen molar-refractivity contribution in [1.29, 1.82) is 0 Å². The number of hydrogen-bond acceptors (Lipinski definition) is 2. The van der Waals surface area contributed by atoms with Crippen molar-refractivity contribution in [3.05, 3.63) is 27.8 Å². The van der Waals surface area contributed by atoms with E-state index in [9.17, 15) is 19.1 Å². The lowest BCUT2D eigenvalue weighted by Gasteiger charge is -2.16. The number of aryl methyl sites for hydroxylation is 1. The molecule has 0 aliphatic rings. The van der Waals surface area contributed by atoms with Crippen LogP contribution in [0.1, 0.15) is 35.3 Å². The fourth-order valence-corrected chi connectivity index (χ4v) is 3.28. The molecule has 0 fully saturated rings. The maximum absolute atomic E-state index is 11.4. The standard InChI is InChI=1S/C11H14ClO5P/c1-3-6-5-8(18(15,16)17)7(4-2)10(12)9(6)11(13)14/h5H,3-4H2,1-2H3,(H,13,14)(H2,15,16,17). The molecule has 0 bridgehead atoms. The molecule has 0 atom stereocenters. The van der Waals surface area contributed by atoms with Crippen LogP contribution in [0.2, 0.25) is 5.02 Å². The lowest BCUT2D eigenvalue weighted by molar-refractivity contribution is 0.0695. The van der Waals surface area contributed by atoms with Crippen molar-refractivity contribution in [2.45, 2.75) is 26.7 Å². The quantitative estimate of drug-likeness (QED) is 0.738. The molecule has 0 aliphatic heterocycles. The summed E-state index contributed by atoms with van der Waals surface area (Å²) in [5, 5.41) is 8.85. The number of carboxylic acid groups (broad SMARTS) is 1. The summed E-state index contributed by atoms with van der Waals surface area (Å²) in [6, 6.07) is 1.24. The van der Waals surface area contributed by atoms with E-state index in [2.05, 4.69) is 0 Å². The van der Waals surface area contributed by atoms with Crippen LogP contribution in [0.3, 0.4) is 0 Å². The third-order valence-electron chi connectivity index (χ3n) is 2.69. The van der Waals surface area contributed by atoms with Crippen molar-refractivity contribution in [2.75, 3.05) is 0 Å². The Kier molecular flexibility index (Phi) is 4.56. The lowest BCUT2D eigenvalue weighted by atomic mass is 10.0. The minimum Gasteiger partial charge on any atom is -0.478 e. The first-order chi connectivity index (χ1) is 8.23. The van der Waals surface area contributed by atoms with E-state index in [0.29, 0.717) is 12.0 Å². The number of carboxylic acids is 1. The SMILES string of the molecule is CCc1cc(P(=O)(O)O)c(CC)c(Cl)c1C(=O)O. The highest BCUT2D eigenvalue weighted by Gasteiger charge is 2.27. The number of carbonyl (C=O) groups is 1. The summed E-state index contributed by atoms with van der Waals surface area (Å²) >= 11 is 5.97. The van der Waals surface area contributed by atoms with Crippen LogP contribution in [0.25, 0.3) is 0 Å². The number of benzene rings is 1. The zero-order chi connectivity index (χ0) is 14.1. The first-order valence-corrected chi connectivity index (χ1v) is 7.36. The molecule has 18 heavy (non-hydrogen) atoms. The predicted octanol–water partition coefficient (Wildman–Crippen LogP) is 1.97. The summed E-state index contributed by atoms with van der Waals surface area (Å²) in [4.78, 5) is 29.7. The van der Waals surface area contributed by atoms with E-state index >= 15 is 0 Å². The molecule has 3 N–H and O–H groups in total. The highest BCUT2D eigenvalue weighted by molar-refractivity contribution is 7.60. The van der Waals surface area contributed by atoms with Gasteiger partial charge in [0.25, 0.3) is 0 Å². The van der Waals surface area contributed by atoms with Crippen LogP contribution in [-0.4, -0.2) is 20.9 Å². The van der Waals surface area contributed by atoms with Crippen molar-refractivity contribution in [2.24, 2.45) is 0 Å². The molecule has 0 saturated heterocycles. The van der Waals surface area contributed by atoms with E-state index in [0.717, 1.165) is 0 Å². The Morgan fingerprint density at radius 2 is 1.89 bits per heavy atom. The van der Waals surface area contributed by atoms with Gasteiger partial charge in [0.15, 0.2) is 0 Å². The van der Waals surface area contributed by atoms with Crippen molar-refractivity contribution in [3.63, 3.8) is 0 Å². The maximum atomic E-state index is 11.4. The number of hydrogen-bond donors (Lipinski definition) is 3. The molecule has 1 aromatic carbocycles. The summed E-state index contributed by atoms with van der Waals surface area (Å²) in [6.07, 6.45) is 0.585. The van der Waals surface area contributed by atoms with Crippen LogP contribution >= 0.6 is 19.2 Å². The second-order valence-electron chi connectivity index (χ2n) is 3.78. The van der Waals surface area contributed by atoms with Gasteiger partial charge in [0.2, 0.25) is 0 Å². The van der Waals surface area contributed by atoms with Gasteiger partial charge < -0.3 is 14.9 Å². The highest BCUT2D eigenvalue weighted by atomic mass is 35.5. The number of rotatable bonds is 4. The normalized spacial score (nSPS) is 11.6. The van der Waals surface area contributed by atoms with Gasteiger partial charge in [-0.25, -0.2) is 4.79 Å². The fourth-order valence-electron chi connectivity index (χ4n) is 1.83. The Hall–Kier alpha value is -0.870. The van der Waals surface area contributed by atoms with Crippen molar-refractivity contribution >= 4 is 30.5 Å². The molecule has 7 heteroatoms. The number of halogens is 1. The third-order valence-corrected chi connectivity index (χ3v) is 4.13. The average molecular weight is 293 g/mol. The second-order valence-corrected chi connectivity index (χ2v) is 5.73. The highest BCUT2D eigenvalue weighted by Crippen LogP contribution is 2.39. The Balaban J connectivity index is 3.74. The second kappa shape index (κ2) is 5.41. The fraction of sp³-hybridized carbons (Fsp3) is 0.364. The zero-order valence-corrected chi connectivity index (χ0v) is 11.6. The third kappa shape index (κ3) is 2.75. The summed E-state index contributed by atoms with van der Waals surface area (Å²) in [6.45, 7) is 3.37. The average Bonchev–Trinajstić information content (AvgIpc) is 2.25. The van der Waals surface area contributed by atoms with Crippen LogP contribution in [0.5, 0.6) is 0 Å². The first kappa shape index (κ1) is 15.2. The van der Waals surface area contributed by atoms with E-state index in [-0.39, 0.29) is 27.9 Å². The molecule has 0 unspecified atom stereocenters. The van der Waals surface area contributed by atoms with Crippen molar-refractivity contribution < 1.29 is 24.3 Å². The molecule has 0 heterocycles. The number of aromatic carboxylic acids is 1. The van der Waals surface area contributed by atoms with Crippen LogP contribution in [-0.2, 0) is 17.4 Å². The van der Waals surface area contributed by atoms with Gasteiger partial charge >= 0.3 is 13.6 Å². The molecule has 1 aromatic rings. The summed E-state index contributed by atoms with van der Waals surface area (Å²) in [7, 11) is -4.47. The maximum Gasteiger partial charge on any atom is 0.356 e. The van der Waals surface area contributed by atoms with E-state index in [1.54, 1.807) is 13.8 Å². The Morgan fingerprint density at radius 1 is 1.33 bits per heavy atom. The van der Waals surface area contributed by atoms with Gasteiger partial charge in [0, 0.05) is 0 Å². The monoisotopic (exact) mass is 292 g/mol. The molecule has 0 saturated carbocycles. The molecular weight excluding hydrogens is 279 g/mol. The topological polar surface area (TPSA) is 94.8 Å². The first-order valence-electron chi connectivity index (χ1n) is 5.37.